The molecule has 1 heterocycles. The van der Waals surface area contributed by atoms with Crippen molar-refractivity contribution in [3.8, 4) is 0 Å². The van der Waals surface area contributed by atoms with E-state index in [1.54, 1.807) is 12.0 Å². The van der Waals surface area contributed by atoms with Gasteiger partial charge in [0.15, 0.2) is 6.10 Å². The van der Waals surface area contributed by atoms with Crippen molar-refractivity contribution in [3.63, 3.8) is 0 Å². The van der Waals surface area contributed by atoms with Crippen LogP contribution in [0.2, 0.25) is 0 Å². The van der Waals surface area contributed by atoms with E-state index in [4.69, 9.17) is 9.47 Å². The number of para-hydroxylation sites is 1. The quantitative estimate of drug-likeness (QED) is 0.625. The predicted octanol–water partition coefficient (Wildman–Crippen LogP) is 2.76. The molecule has 0 aliphatic carbocycles. The van der Waals surface area contributed by atoms with E-state index >= 15 is 0 Å². The average Bonchev–Trinajstić information content (AvgIpc) is 2.54. The lowest BCUT2D eigenvalue weighted by Crippen LogP contribution is -2.60. The summed E-state index contributed by atoms with van der Waals surface area (Å²) in [6.45, 7) is 0.113. The Hall–Kier alpha value is -2.17. The minimum Gasteiger partial charge on any atom is -0.359 e. The molecule has 1 unspecified atom stereocenters. The highest BCUT2D eigenvalue weighted by Crippen LogP contribution is 2.40. The second-order valence-corrected chi connectivity index (χ2v) is 4.89. The molecular weight excluding hydrogens is 266 g/mol. The van der Waals surface area contributed by atoms with Gasteiger partial charge in [-0.15, -0.1) is 0 Å². The molecule has 0 bridgehead atoms. The third-order valence-corrected chi connectivity index (χ3v) is 3.59. The average molecular weight is 283 g/mol. The van der Waals surface area contributed by atoms with Crippen molar-refractivity contribution >= 4 is 11.6 Å². The number of nitrogens with zero attached hydrogens (tertiary/aromatic N) is 1. The van der Waals surface area contributed by atoms with Crippen LogP contribution in [-0.4, -0.2) is 25.9 Å². The first-order chi connectivity index (χ1) is 10.3. The Morgan fingerprint density at radius 1 is 1.00 bits per heavy atom. The molecule has 1 aliphatic heterocycles. The van der Waals surface area contributed by atoms with Gasteiger partial charge in [0.05, 0.1) is 6.04 Å². The van der Waals surface area contributed by atoms with Crippen LogP contribution in [0, 0.1) is 0 Å². The third-order valence-electron chi connectivity index (χ3n) is 3.59. The van der Waals surface area contributed by atoms with Crippen molar-refractivity contribution in [2.45, 2.75) is 12.1 Å². The van der Waals surface area contributed by atoms with Gasteiger partial charge in [0.1, 0.15) is 6.79 Å². The largest absolute Gasteiger partial charge is 0.359 e. The molecule has 2 aromatic carbocycles. The molecule has 21 heavy (non-hydrogen) atoms. The first-order valence-corrected chi connectivity index (χ1v) is 6.86. The van der Waals surface area contributed by atoms with Gasteiger partial charge in [-0.1, -0.05) is 48.5 Å². The van der Waals surface area contributed by atoms with E-state index < -0.39 is 6.10 Å². The van der Waals surface area contributed by atoms with Crippen molar-refractivity contribution in [1.82, 2.24) is 0 Å². The highest BCUT2D eigenvalue weighted by molar-refractivity contribution is 6.05. The molecule has 1 fully saturated rings. The van der Waals surface area contributed by atoms with Crippen LogP contribution in [-0.2, 0) is 14.3 Å². The zero-order valence-corrected chi connectivity index (χ0v) is 11.8. The Labute approximate surface area is 123 Å². The zero-order valence-electron chi connectivity index (χ0n) is 11.8. The molecule has 2 atom stereocenters. The Kier molecular flexibility index (Phi) is 3.99. The number of β-lactam (4-membered cyclic amide) rings is 1. The van der Waals surface area contributed by atoms with Crippen molar-refractivity contribution < 1.29 is 14.3 Å². The fraction of sp³-hybridized carbons (Fsp3) is 0.235. The van der Waals surface area contributed by atoms with E-state index in [9.17, 15) is 4.79 Å². The van der Waals surface area contributed by atoms with Gasteiger partial charge in [0.2, 0.25) is 0 Å². The van der Waals surface area contributed by atoms with Crippen molar-refractivity contribution in [1.29, 1.82) is 0 Å². The topological polar surface area (TPSA) is 38.8 Å². The smallest absolute Gasteiger partial charge is 0.259 e. The molecule has 4 nitrogen and oxygen atoms in total. The Morgan fingerprint density at radius 3 is 2.24 bits per heavy atom. The number of carbonyl (C=O) groups excluding carboxylic acids is 1. The Morgan fingerprint density at radius 2 is 1.62 bits per heavy atom. The molecule has 1 aliphatic rings. The van der Waals surface area contributed by atoms with Crippen LogP contribution in [0.25, 0.3) is 0 Å². The molecule has 1 amide bonds. The maximum absolute atomic E-state index is 12.4. The van der Waals surface area contributed by atoms with Crippen LogP contribution >= 0.6 is 0 Å². The van der Waals surface area contributed by atoms with Crippen molar-refractivity contribution in [2.24, 2.45) is 0 Å². The normalized spacial score (nSPS) is 21.2. The molecular formula is C17H17NO3. The molecule has 0 saturated carbocycles. The molecule has 108 valence electrons. The number of ether oxygens (including phenoxy) is 2. The summed E-state index contributed by atoms with van der Waals surface area (Å²) in [6.07, 6.45) is -0.493. The maximum Gasteiger partial charge on any atom is 0.259 e. The van der Waals surface area contributed by atoms with E-state index in [-0.39, 0.29) is 18.7 Å². The second-order valence-electron chi connectivity index (χ2n) is 4.89. The predicted molar refractivity (Wildman–Crippen MR) is 79.9 cm³/mol. The lowest BCUT2D eigenvalue weighted by molar-refractivity contribution is -0.154. The monoisotopic (exact) mass is 283 g/mol. The van der Waals surface area contributed by atoms with Crippen LogP contribution in [0.4, 0.5) is 5.69 Å². The Balaban J connectivity index is 1.91. The minimum absolute atomic E-state index is 0.0351. The standard InChI is InChI=1S/C17H17NO3/c1-20-12-21-16-15(13-8-4-2-5-9-13)18(17(16)19)14-10-6-3-7-11-14/h2-11,15-16H,12H2,1H3/t15-,16?/m1/s1. The molecule has 0 N–H and O–H groups in total. The number of methoxy groups -OCH3 is 1. The first-order valence-electron chi connectivity index (χ1n) is 6.86. The van der Waals surface area contributed by atoms with Gasteiger partial charge in [0, 0.05) is 12.8 Å². The maximum atomic E-state index is 12.4. The molecule has 0 aromatic heterocycles. The fourth-order valence-electron chi connectivity index (χ4n) is 2.62. The lowest BCUT2D eigenvalue weighted by atomic mass is 9.90. The van der Waals surface area contributed by atoms with Gasteiger partial charge in [-0.05, 0) is 17.7 Å². The molecule has 1 saturated heterocycles. The van der Waals surface area contributed by atoms with Crippen LogP contribution in [0.5, 0.6) is 0 Å². The van der Waals surface area contributed by atoms with Crippen LogP contribution in [0.3, 0.4) is 0 Å². The number of benzene rings is 2. The lowest BCUT2D eigenvalue weighted by Gasteiger charge is -2.46. The summed E-state index contributed by atoms with van der Waals surface area (Å²) < 4.78 is 10.5. The van der Waals surface area contributed by atoms with Crippen molar-refractivity contribution in [2.75, 3.05) is 18.8 Å². The summed E-state index contributed by atoms with van der Waals surface area (Å²) in [5.41, 5.74) is 1.94. The van der Waals surface area contributed by atoms with Crippen LogP contribution in [0.1, 0.15) is 11.6 Å². The summed E-state index contributed by atoms with van der Waals surface area (Å²) >= 11 is 0. The van der Waals surface area contributed by atoms with Gasteiger partial charge in [-0.3, -0.25) is 9.69 Å². The van der Waals surface area contributed by atoms with Crippen LogP contribution in [0.15, 0.2) is 60.7 Å². The van der Waals surface area contributed by atoms with E-state index in [1.807, 2.05) is 60.7 Å². The van der Waals surface area contributed by atoms with Gasteiger partial charge >= 0.3 is 0 Å². The van der Waals surface area contributed by atoms with Gasteiger partial charge in [-0.25, -0.2) is 0 Å². The number of hydrogen-bond donors (Lipinski definition) is 0. The summed E-state index contributed by atoms with van der Waals surface area (Å²) in [5, 5.41) is 0. The summed E-state index contributed by atoms with van der Waals surface area (Å²) in [4.78, 5) is 14.2. The van der Waals surface area contributed by atoms with Crippen molar-refractivity contribution in [3.05, 3.63) is 66.2 Å². The second kappa shape index (κ2) is 6.08. The minimum atomic E-state index is -0.493. The SMILES string of the molecule is COCOC1C(=O)N(c2ccccc2)[C@@H]1c1ccccc1. The highest BCUT2D eigenvalue weighted by Gasteiger charge is 2.49. The molecule has 2 aromatic rings. The zero-order chi connectivity index (χ0) is 14.7. The van der Waals surface area contributed by atoms with E-state index in [1.165, 1.54) is 0 Å². The van der Waals surface area contributed by atoms with E-state index in [0.29, 0.717) is 0 Å². The van der Waals surface area contributed by atoms with Gasteiger partial charge in [0.25, 0.3) is 5.91 Å². The molecule has 0 spiro atoms. The van der Waals surface area contributed by atoms with Gasteiger partial charge in [-0.2, -0.15) is 0 Å². The summed E-state index contributed by atoms with van der Waals surface area (Å²) in [5.74, 6) is -0.0351. The number of carbonyl (C=O) groups is 1. The fourth-order valence-corrected chi connectivity index (χ4v) is 2.62. The summed E-state index contributed by atoms with van der Waals surface area (Å²) in [6, 6.07) is 19.4. The number of hydrogen-bond acceptors (Lipinski definition) is 3. The number of amides is 1. The number of anilines is 1. The molecule has 4 heteroatoms. The Bertz CT molecular complexity index is 600. The summed E-state index contributed by atoms with van der Waals surface area (Å²) in [7, 11) is 1.55. The van der Waals surface area contributed by atoms with Gasteiger partial charge < -0.3 is 9.47 Å². The van der Waals surface area contributed by atoms with E-state index in [2.05, 4.69) is 0 Å². The highest BCUT2D eigenvalue weighted by atomic mass is 16.7. The molecule has 0 radical (unpaired) electrons. The first kappa shape index (κ1) is 13.8. The van der Waals surface area contributed by atoms with Crippen LogP contribution < -0.4 is 4.90 Å². The number of rotatable bonds is 5. The third kappa shape index (κ3) is 2.55. The van der Waals surface area contributed by atoms with E-state index in [0.717, 1.165) is 11.3 Å². The molecule has 3 rings (SSSR count).